The van der Waals surface area contributed by atoms with E-state index in [0.717, 1.165) is 45.2 Å². The van der Waals surface area contributed by atoms with Crippen LogP contribution in [0.1, 0.15) is 64.7 Å². The second kappa shape index (κ2) is 11.5. The van der Waals surface area contributed by atoms with Crippen molar-refractivity contribution >= 4 is 11.9 Å². The smallest absolute Gasteiger partial charge is 0.324 e. The quantitative estimate of drug-likeness (QED) is 0.643. The van der Waals surface area contributed by atoms with Gasteiger partial charge in [-0.2, -0.15) is 0 Å². The predicted molar refractivity (Wildman–Crippen MR) is 85.2 cm³/mol. The van der Waals surface area contributed by atoms with E-state index in [2.05, 4.69) is 17.6 Å². The van der Waals surface area contributed by atoms with Crippen LogP contribution < -0.4 is 10.6 Å². The molecule has 1 fully saturated rings. The molecule has 0 radical (unpaired) electrons. The van der Waals surface area contributed by atoms with E-state index in [9.17, 15) is 9.59 Å². The molecule has 0 aromatic heterocycles. The number of rotatable bonds is 9. The Morgan fingerprint density at radius 3 is 2.57 bits per heavy atom. The van der Waals surface area contributed by atoms with Crippen LogP contribution >= 0.6 is 0 Å². The molecule has 5 nitrogen and oxygen atoms in total. The molecule has 3 amide bonds. The third-order valence-corrected chi connectivity index (χ3v) is 3.80. The van der Waals surface area contributed by atoms with Crippen molar-refractivity contribution in [3.63, 3.8) is 0 Å². The van der Waals surface area contributed by atoms with Crippen LogP contribution in [0.4, 0.5) is 4.79 Å². The minimum absolute atomic E-state index is 0.0213. The van der Waals surface area contributed by atoms with Crippen molar-refractivity contribution in [1.29, 1.82) is 0 Å². The summed E-state index contributed by atoms with van der Waals surface area (Å²) in [5, 5.41) is 6.26. The van der Waals surface area contributed by atoms with E-state index in [1.807, 2.05) is 0 Å². The number of unbranched alkanes of at least 4 members (excludes halogenated alkanes) is 3. The van der Waals surface area contributed by atoms with Crippen molar-refractivity contribution in [1.82, 2.24) is 15.5 Å². The average Bonchev–Trinajstić information content (AvgIpc) is 2.70. The molecule has 0 aromatic rings. The van der Waals surface area contributed by atoms with E-state index < -0.39 is 0 Å². The first-order chi connectivity index (χ1) is 10.3. The first kappa shape index (κ1) is 18.0. The molecular formula is C16H31N3O2. The lowest BCUT2D eigenvalue weighted by molar-refractivity contribution is -0.127. The first-order valence-electron chi connectivity index (χ1n) is 8.54. The summed E-state index contributed by atoms with van der Waals surface area (Å²) in [4.78, 5) is 25.1. The van der Waals surface area contributed by atoms with Gasteiger partial charge >= 0.3 is 6.03 Å². The maximum atomic E-state index is 12.0. The highest BCUT2D eigenvalue weighted by atomic mass is 16.2. The average molecular weight is 297 g/mol. The molecule has 1 saturated heterocycles. The minimum atomic E-state index is -0.202. The van der Waals surface area contributed by atoms with Crippen molar-refractivity contribution in [3.05, 3.63) is 0 Å². The molecule has 0 atom stereocenters. The predicted octanol–water partition coefficient (Wildman–Crippen LogP) is 2.66. The van der Waals surface area contributed by atoms with Gasteiger partial charge in [0.1, 0.15) is 0 Å². The molecule has 1 heterocycles. The maximum Gasteiger partial charge on any atom is 0.324 e. The molecule has 0 bridgehead atoms. The number of nitrogens with one attached hydrogen (secondary N) is 2. The van der Waals surface area contributed by atoms with E-state index in [-0.39, 0.29) is 11.9 Å². The van der Waals surface area contributed by atoms with Crippen LogP contribution in [0, 0.1) is 0 Å². The fraction of sp³-hybridized carbons (Fsp3) is 0.875. The van der Waals surface area contributed by atoms with Gasteiger partial charge in [0.2, 0.25) is 5.91 Å². The SMILES string of the molecule is CCCNCCCCCCNC(=O)N1CCCCCC1=O. The lowest BCUT2D eigenvalue weighted by atomic mass is 10.2. The van der Waals surface area contributed by atoms with E-state index in [1.165, 1.54) is 24.2 Å². The minimum Gasteiger partial charge on any atom is -0.338 e. The topological polar surface area (TPSA) is 61.4 Å². The van der Waals surface area contributed by atoms with Crippen LogP contribution in [-0.4, -0.2) is 43.0 Å². The molecule has 0 aliphatic carbocycles. The van der Waals surface area contributed by atoms with Gasteiger partial charge in [-0.1, -0.05) is 26.2 Å². The van der Waals surface area contributed by atoms with Crippen molar-refractivity contribution in [3.8, 4) is 0 Å². The van der Waals surface area contributed by atoms with E-state index in [4.69, 9.17) is 0 Å². The summed E-state index contributed by atoms with van der Waals surface area (Å²) in [5.74, 6) is -0.0213. The Hall–Kier alpha value is -1.10. The highest BCUT2D eigenvalue weighted by Crippen LogP contribution is 2.11. The zero-order valence-corrected chi connectivity index (χ0v) is 13.5. The molecule has 122 valence electrons. The number of likely N-dealkylation sites (tertiary alicyclic amines) is 1. The number of amides is 3. The number of hydrogen-bond donors (Lipinski definition) is 2. The van der Waals surface area contributed by atoms with Gasteiger partial charge in [-0.25, -0.2) is 4.79 Å². The normalized spacial score (nSPS) is 15.9. The van der Waals surface area contributed by atoms with Crippen molar-refractivity contribution in [2.75, 3.05) is 26.2 Å². The molecule has 2 N–H and O–H groups in total. The van der Waals surface area contributed by atoms with E-state index in [0.29, 0.717) is 19.5 Å². The first-order valence-corrected chi connectivity index (χ1v) is 8.54. The third kappa shape index (κ3) is 8.05. The van der Waals surface area contributed by atoms with Gasteiger partial charge in [-0.05, 0) is 45.2 Å². The number of urea groups is 1. The highest BCUT2D eigenvalue weighted by Gasteiger charge is 2.22. The fourth-order valence-corrected chi connectivity index (χ4v) is 2.52. The molecule has 1 aliphatic rings. The monoisotopic (exact) mass is 297 g/mol. The summed E-state index contributed by atoms with van der Waals surface area (Å²) >= 11 is 0. The third-order valence-electron chi connectivity index (χ3n) is 3.80. The molecule has 0 unspecified atom stereocenters. The van der Waals surface area contributed by atoms with Gasteiger partial charge in [0.25, 0.3) is 0 Å². The molecule has 21 heavy (non-hydrogen) atoms. The molecule has 0 aromatic carbocycles. The summed E-state index contributed by atoms with van der Waals surface area (Å²) in [6.45, 7) is 5.60. The molecular weight excluding hydrogens is 266 g/mol. The molecule has 1 aliphatic heterocycles. The van der Waals surface area contributed by atoms with Crippen molar-refractivity contribution < 1.29 is 9.59 Å². The summed E-state index contributed by atoms with van der Waals surface area (Å²) in [6, 6.07) is -0.202. The molecule has 1 rings (SSSR count). The van der Waals surface area contributed by atoms with E-state index in [1.54, 1.807) is 0 Å². The van der Waals surface area contributed by atoms with E-state index >= 15 is 0 Å². The molecule has 0 spiro atoms. The maximum absolute atomic E-state index is 12.0. The lowest BCUT2D eigenvalue weighted by Crippen LogP contribution is -2.43. The van der Waals surface area contributed by atoms with Gasteiger partial charge in [-0.15, -0.1) is 0 Å². The Labute approximate surface area is 128 Å². The number of carbonyl (C=O) groups excluding carboxylic acids is 2. The van der Waals surface area contributed by atoms with Gasteiger partial charge in [0, 0.05) is 19.5 Å². The van der Waals surface area contributed by atoms with Crippen molar-refractivity contribution in [2.45, 2.75) is 64.7 Å². The van der Waals surface area contributed by atoms with Crippen LogP contribution in [0.3, 0.4) is 0 Å². The Morgan fingerprint density at radius 1 is 1.05 bits per heavy atom. The Balaban J connectivity index is 2.01. The summed E-state index contributed by atoms with van der Waals surface area (Å²) in [5.41, 5.74) is 0. The summed E-state index contributed by atoms with van der Waals surface area (Å²) < 4.78 is 0. The number of imide groups is 1. The van der Waals surface area contributed by atoms with Crippen LogP contribution in [0.2, 0.25) is 0 Å². The highest BCUT2D eigenvalue weighted by molar-refractivity contribution is 5.94. The fourth-order valence-electron chi connectivity index (χ4n) is 2.52. The van der Waals surface area contributed by atoms with Gasteiger partial charge in [-0.3, -0.25) is 9.69 Å². The lowest BCUT2D eigenvalue weighted by Gasteiger charge is -2.18. The summed E-state index contributed by atoms with van der Waals surface area (Å²) in [7, 11) is 0. The van der Waals surface area contributed by atoms with Crippen LogP contribution in [-0.2, 0) is 4.79 Å². The Bertz CT molecular complexity index is 308. The summed E-state index contributed by atoms with van der Waals surface area (Å²) in [6.07, 6.45) is 9.08. The molecule has 0 saturated carbocycles. The van der Waals surface area contributed by atoms with Gasteiger partial charge in [0.15, 0.2) is 0 Å². The number of carbonyl (C=O) groups is 2. The van der Waals surface area contributed by atoms with Crippen LogP contribution in [0.15, 0.2) is 0 Å². The second-order valence-electron chi connectivity index (χ2n) is 5.75. The Morgan fingerprint density at radius 2 is 1.81 bits per heavy atom. The van der Waals surface area contributed by atoms with Gasteiger partial charge in [0.05, 0.1) is 0 Å². The van der Waals surface area contributed by atoms with Crippen LogP contribution in [0.5, 0.6) is 0 Å². The van der Waals surface area contributed by atoms with Gasteiger partial charge < -0.3 is 10.6 Å². The standard InChI is InChI=1S/C16H31N3O2/c1-2-11-17-12-7-3-4-8-13-18-16(21)19-14-9-5-6-10-15(19)20/h17H,2-14H2,1H3,(H,18,21). The largest absolute Gasteiger partial charge is 0.338 e. The number of nitrogens with zero attached hydrogens (tertiary/aromatic N) is 1. The molecule has 5 heteroatoms. The van der Waals surface area contributed by atoms with Crippen molar-refractivity contribution in [2.24, 2.45) is 0 Å². The second-order valence-corrected chi connectivity index (χ2v) is 5.75. The zero-order valence-electron chi connectivity index (χ0n) is 13.5. The zero-order chi connectivity index (χ0) is 15.3. The van der Waals surface area contributed by atoms with Crippen LogP contribution in [0.25, 0.3) is 0 Å². The Kier molecular flexibility index (Phi) is 9.87. The number of hydrogen-bond acceptors (Lipinski definition) is 3.